The molecule has 45 heavy (non-hydrogen) atoms. The van der Waals surface area contributed by atoms with Crippen LogP contribution in [0, 0.1) is 0 Å². The third kappa shape index (κ3) is 7.84. The van der Waals surface area contributed by atoms with Crippen molar-refractivity contribution in [2.24, 2.45) is 0 Å². The van der Waals surface area contributed by atoms with Gasteiger partial charge in [-0.3, -0.25) is 9.59 Å². The highest BCUT2D eigenvalue weighted by molar-refractivity contribution is 5.96. The summed E-state index contributed by atoms with van der Waals surface area (Å²) in [5.74, 6) is -0.788. The van der Waals surface area contributed by atoms with Crippen LogP contribution in [0.5, 0.6) is 11.5 Å². The van der Waals surface area contributed by atoms with Crippen molar-refractivity contribution in [3.8, 4) is 11.5 Å². The lowest BCUT2D eigenvalue weighted by molar-refractivity contribution is -0.140. The maximum absolute atomic E-state index is 13.4. The summed E-state index contributed by atoms with van der Waals surface area (Å²) in [6, 6.07) is 16.8. The van der Waals surface area contributed by atoms with Gasteiger partial charge in [-0.25, -0.2) is 4.79 Å². The van der Waals surface area contributed by atoms with E-state index in [-0.39, 0.29) is 37.0 Å². The molecule has 4 rings (SSSR count). The Labute approximate surface area is 259 Å². The van der Waals surface area contributed by atoms with E-state index in [4.69, 9.17) is 14.2 Å². The predicted octanol–water partition coefficient (Wildman–Crippen LogP) is 6.05. The summed E-state index contributed by atoms with van der Waals surface area (Å²) < 4.78 is 55.3. The molecule has 2 amide bonds. The molecule has 0 saturated carbocycles. The number of nitrogens with zero attached hydrogens (tertiary/aromatic N) is 1. The minimum atomic E-state index is -4.51. The van der Waals surface area contributed by atoms with E-state index in [1.54, 1.807) is 58.4 Å². The quantitative estimate of drug-likeness (QED) is 0.261. The van der Waals surface area contributed by atoms with Crippen LogP contribution in [0.15, 0.2) is 78.0 Å². The van der Waals surface area contributed by atoms with Crippen molar-refractivity contribution in [1.82, 2.24) is 10.2 Å². The monoisotopic (exact) mass is 624 g/mol. The van der Waals surface area contributed by atoms with Gasteiger partial charge in [0, 0.05) is 30.1 Å². The van der Waals surface area contributed by atoms with E-state index < -0.39 is 23.6 Å². The van der Waals surface area contributed by atoms with Gasteiger partial charge in [-0.15, -0.1) is 0 Å². The molecular weight excluding hydrogens is 589 g/mol. The summed E-state index contributed by atoms with van der Waals surface area (Å²) in [5.41, 5.74) is 2.16. The van der Waals surface area contributed by atoms with Gasteiger partial charge in [-0.05, 0) is 73.4 Å². The molecular formula is C34H35F3N2O6. The van der Waals surface area contributed by atoms with Crippen LogP contribution >= 0.6 is 0 Å². The van der Waals surface area contributed by atoms with E-state index in [1.807, 2.05) is 12.1 Å². The molecule has 0 spiro atoms. The third-order valence-electron chi connectivity index (χ3n) is 7.64. The van der Waals surface area contributed by atoms with Crippen LogP contribution in [0.4, 0.5) is 13.2 Å². The van der Waals surface area contributed by atoms with Gasteiger partial charge >= 0.3 is 12.1 Å². The molecule has 11 heteroatoms. The van der Waals surface area contributed by atoms with Crippen LogP contribution in [-0.4, -0.2) is 50.1 Å². The van der Waals surface area contributed by atoms with Crippen molar-refractivity contribution >= 4 is 17.8 Å². The zero-order chi connectivity index (χ0) is 32.7. The number of amides is 2. The first kappa shape index (κ1) is 33.1. The topological polar surface area (TPSA) is 94.2 Å². The van der Waals surface area contributed by atoms with Gasteiger partial charge in [0.05, 0.1) is 38.5 Å². The number of carbonyl (C=O) groups is 3. The Kier molecular flexibility index (Phi) is 10.5. The molecule has 1 N–H and O–H groups in total. The van der Waals surface area contributed by atoms with Gasteiger partial charge in [0.1, 0.15) is 0 Å². The molecule has 0 fully saturated rings. The SMILES string of the molecule is CCOC(=O)C1=C(C)N(Cc2cccc(C(=O)NCCc3ccc(OC)c(OC)c3)c2)C(=O)CC1c1ccc(C(F)(F)F)cc1. The van der Waals surface area contributed by atoms with E-state index in [9.17, 15) is 27.6 Å². The zero-order valence-corrected chi connectivity index (χ0v) is 25.5. The Balaban J connectivity index is 1.50. The molecule has 3 aromatic rings. The second kappa shape index (κ2) is 14.3. The summed E-state index contributed by atoms with van der Waals surface area (Å²) in [5, 5.41) is 2.90. The number of alkyl halides is 3. The van der Waals surface area contributed by atoms with E-state index in [0.29, 0.717) is 46.9 Å². The molecule has 0 radical (unpaired) electrons. The minimum absolute atomic E-state index is 0.0834. The molecule has 1 aliphatic rings. The maximum atomic E-state index is 13.4. The fourth-order valence-corrected chi connectivity index (χ4v) is 5.32. The molecule has 0 bridgehead atoms. The number of allylic oxidation sites excluding steroid dienone is 1. The van der Waals surface area contributed by atoms with Gasteiger partial charge < -0.3 is 24.4 Å². The number of nitrogens with one attached hydrogen (secondary N) is 1. The van der Waals surface area contributed by atoms with Gasteiger partial charge in [-0.1, -0.05) is 30.3 Å². The Morgan fingerprint density at radius 3 is 2.31 bits per heavy atom. The largest absolute Gasteiger partial charge is 0.493 e. The van der Waals surface area contributed by atoms with E-state index in [2.05, 4.69) is 5.32 Å². The molecule has 1 atom stereocenters. The van der Waals surface area contributed by atoms with Crippen LogP contribution in [0.25, 0.3) is 0 Å². The van der Waals surface area contributed by atoms with E-state index in [0.717, 1.165) is 17.7 Å². The summed E-state index contributed by atoms with van der Waals surface area (Å²) >= 11 is 0. The maximum Gasteiger partial charge on any atom is 0.416 e. The van der Waals surface area contributed by atoms with Gasteiger partial charge in [0.25, 0.3) is 5.91 Å². The number of ether oxygens (including phenoxy) is 3. The lowest BCUT2D eigenvalue weighted by Crippen LogP contribution is -2.38. The van der Waals surface area contributed by atoms with Crippen molar-refractivity contribution in [1.29, 1.82) is 0 Å². The Hall–Kier alpha value is -4.80. The molecule has 8 nitrogen and oxygen atoms in total. The highest BCUT2D eigenvalue weighted by atomic mass is 19.4. The number of benzene rings is 3. The standard InChI is InChI=1S/C34H35F3N2O6/c1-5-45-33(42)31-21(2)39(30(40)19-27(31)24-10-12-26(13-11-24)34(35,36)37)20-23-7-6-8-25(17-23)32(41)38-16-15-22-9-14-28(43-3)29(18-22)44-4/h6-14,17-18,27H,5,15-16,19-20H2,1-4H3,(H,38,41). The van der Waals surface area contributed by atoms with Crippen LogP contribution in [0.2, 0.25) is 0 Å². The second-order valence-corrected chi connectivity index (χ2v) is 10.5. The summed E-state index contributed by atoms with van der Waals surface area (Å²) in [4.78, 5) is 40.9. The average molecular weight is 625 g/mol. The van der Waals surface area contributed by atoms with Crippen LogP contribution in [0.3, 0.4) is 0 Å². The van der Waals surface area contributed by atoms with Crippen LogP contribution < -0.4 is 14.8 Å². The predicted molar refractivity (Wildman–Crippen MR) is 161 cm³/mol. The molecule has 238 valence electrons. The number of halogens is 3. The molecule has 1 aliphatic heterocycles. The lowest BCUT2D eigenvalue weighted by atomic mass is 9.83. The number of rotatable bonds is 11. The smallest absolute Gasteiger partial charge is 0.416 e. The Morgan fingerprint density at radius 2 is 1.67 bits per heavy atom. The summed E-state index contributed by atoms with van der Waals surface area (Å²) in [6.07, 6.45) is -4.08. The fraction of sp³-hybridized carbons (Fsp3) is 0.324. The van der Waals surface area contributed by atoms with Crippen molar-refractivity contribution in [2.45, 2.75) is 45.3 Å². The third-order valence-corrected chi connectivity index (χ3v) is 7.64. The van der Waals surface area contributed by atoms with Crippen molar-refractivity contribution in [3.05, 3.63) is 106 Å². The second-order valence-electron chi connectivity index (χ2n) is 10.5. The Morgan fingerprint density at radius 1 is 0.956 bits per heavy atom. The highest BCUT2D eigenvalue weighted by Crippen LogP contribution is 2.39. The zero-order valence-electron chi connectivity index (χ0n) is 25.5. The number of hydrogen-bond donors (Lipinski definition) is 1. The van der Waals surface area contributed by atoms with Gasteiger partial charge in [0.2, 0.25) is 5.91 Å². The fourth-order valence-electron chi connectivity index (χ4n) is 5.32. The van der Waals surface area contributed by atoms with E-state index >= 15 is 0 Å². The lowest BCUT2D eigenvalue weighted by Gasteiger charge is -2.34. The highest BCUT2D eigenvalue weighted by Gasteiger charge is 2.37. The molecule has 0 aliphatic carbocycles. The number of carbonyl (C=O) groups excluding carboxylic acids is 3. The van der Waals surface area contributed by atoms with Gasteiger partial charge in [0.15, 0.2) is 11.5 Å². The first-order chi connectivity index (χ1) is 21.5. The van der Waals surface area contributed by atoms with Crippen molar-refractivity contribution < 1.29 is 41.8 Å². The number of esters is 1. The molecule has 1 heterocycles. The first-order valence-electron chi connectivity index (χ1n) is 14.4. The van der Waals surface area contributed by atoms with Crippen molar-refractivity contribution in [3.63, 3.8) is 0 Å². The summed E-state index contributed by atoms with van der Waals surface area (Å²) in [7, 11) is 3.12. The average Bonchev–Trinajstić information content (AvgIpc) is 3.02. The molecule has 0 saturated heterocycles. The first-order valence-corrected chi connectivity index (χ1v) is 14.4. The van der Waals surface area contributed by atoms with Crippen LogP contribution in [0.1, 0.15) is 58.8 Å². The van der Waals surface area contributed by atoms with Gasteiger partial charge in [-0.2, -0.15) is 13.2 Å². The summed E-state index contributed by atoms with van der Waals surface area (Å²) in [6.45, 7) is 3.81. The molecule has 0 aromatic heterocycles. The normalized spacial score (nSPS) is 15.1. The van der Waals surface area contributed by atoms with E-state index in [1.165, 1.54) is 17.0 Å². The number of hydrogen-bond acceptors (Lipinski definition) is 6. The van der Waals surface area contributed by atoms with Crippen molar-refractivity contribution in [2.75, 3.05) is 27.4 Å². The Bertz CT molecular complexity index is 1580. The molecule has 1 unspecified atom stereocenters. The molecule has 3 aromatic carbocycles. The van der Waals surface area contributed by atoms with Crippen LogP contribution in [-0.2, 0) is 33.5 Å². The number of methoxy groups -OCH3 is 2. The minimum Gasteiger partial charge on any atom is -0.493 e.